The number of hydrogen-bond acceptors (Lipinski definition) is 6. The van der Waals surface area contributed by atoms with Crippen LogP contribution in [0.15, 0.2) is 36.9 Å². The van der Waals surface area contributed by atoms with Gasteiger partial charge in [-0.1, -0.05) is 0 Å². The number of hydrogen-bond donors (Lipinski definition) is 0. The van der Waals surface area contributed by atoms with Crippen LogP contribution in [0, 0.1) is 6.92 Å². The maximum absolute atomic E-state index is 12.6. The third-order valence-corrected chi connectivity index (χ3v) is 5.67. The van der Waals surface area contributed by atoms with Crippen molar-refractivity contribution in [2.75, 3.05) is 26.7 Å². The molecular formula is C20H25N5O2. The van der Waals surface area contributed by atoms with Crippen molar-refractivity contribution >= 4 is 5.91 Å². The van der Waals surface area contributed by atoms with E-state index in [1.165, 1.54) is 5.56 Å². The van der Waals surface area contributed by atoms with Gasteiger partial charge in [-0.15, -0.1) is 0 Å². The van der Waals surface area contributed by atoms with Gasteiger partial charge in [0.2, 0.25) is 0 Å². The maximum Gasteiger partial charge on any atom is 0.274 e. The van der Waals surface area contributed by atoms with Gasteiger partial charge < -0.3 is 9.64 Å². The van der Waals surface area contributed by atoms with Crippen molar-refractivity contribution in [3.05, 3.63) is 53.9 Å². The van der Waals surface area contributed by atoms with E-state index in [0.29, 0.717) is 11.7 Å². The molecule has 2 fully saturated rings. The van der Waals surface area contributed by atoms with Crippen LogP contribution in [-0.2, 0) is 4.74 Å². The van der Waals surface area contributed by atoms with Crippen molar-refractivity contribution in [1.82, 2.24) is 24.8 Å². The fourth-order valence-electron chi connectivity index (χ4n) is 4.11. The second kappa shape index (κ2) is 7.70. The number of rotatable bonds is 4. The number of likely N-dealkylation sites (tertiary alicyclic amines) is 2. The number of methoxy groups -OCH3 is 1. The van der Waals surface area contributed by atoms with Gasteiger partial charge >= 0.3 is 0 Å². The molecule has 4 heterocycles. The van der Waals surface area contributed by atoms with Gasteiger partial charge in [-0.25, -0.2) is 4.98 Å². The second-order valence-electron chi connectivity index (χ2n) is 7.26. The van der Waals surface area contributed by atoms with Gasteiger partial charge in [-0.2, -0.15) is 0 Å². The molecule has 142 valence electrons. The molecule has 0 aromatic carbocycles. The van der Waals surface area contributed by atoms with Crippen LogP contribution < -0.4 is 0 Å². The van der Waals surface area contributed by atoms with Crippen LogP contribution in [0.5, 0.6) is 0 Å². The highest BCUT2D eigenvalue weighted by atomic mass is 16.5. The minimum Gasteiger partial charge on any atom is -0.378 e. The summed E-state index contributed by atoms with van der Waals surface area (Å²) in [5.74, 6) is -0.0231. The molecule has 0 saturated carbocycles. The minimum absolute atomic E-state index is 0.0231. The summed E-state index contributed by atoms with van der Waals surface area (Å²) < 4.78 is 5.66. The highest BCUT2D eigenvalue weighted by molar-refractivity contribution is 5.92. The lowest BCUT2D eigenvalue weighted by Gasteiger charge is -2.53. The number of aryl methyl sites for hydroxylation is 1. The molecule has 1 amide bonds. The van der Waals surface area contributed by atoms with Crippen molar-refractivity contribution < 1.29 is 9.53 Å². The van der Waals surface area contributed by atoms with Gasteiger partial charge in [-0.05, 0) is 37.5 Å². The molecule has 2 aliphatic rings. The highest BCUT2D eigenvalue weighted by Crippen LogP contribution is 2.39. The van der Waals surface area contributed by atoms with Crippen molar-refractivity contribution in [3.63, 3.8) is 0 Å². The van der Waals surface area contributed by atoms with Crippen LogP contribution in [0.4, 0.5) is 0 Å². The third-order valence-electron chi connectivity index (χ3n) is 5.67. The lowest BCUT2D eigenvalue weighted by atomic mass is 9.87. The monoisotopic (exact) mass is 367 g/mol. The summed E-state index contributed by atoms with van der Waals surface area (Å²) in [6.45, 7) is 4.30. The SMILES string of the molecule is CO[C@H]1CN(C2CCN(C(=O)c3cnc(C)cn3)CC2)[C@H]1c1ccncc1. The van der Waals surface area contributed by atoms with Gasteiger partial charge in [0.05, 0.1) is 24.0 Å². The molecule has 7 heteroatoms. The van der Waals surface area contributed by atoms with E-state index in [9.17, 15) is 4.79 Å². The van der Waals surface area contributed by atoms with Crippen molar-refractivity contribution in [2.24, 2.45) is 0 Å². The first kappa shape index (κ1) is 18.0. The normalized spacial score (nSPS) is 23.9. The third kappa shape index (κ3) is 3.57. The maximum atomic E-state index is 12.6. The molecule has 2 saturated heterocycles. The van der Waals surface area contributed by atoms with Crippen LogP contribution in [-0.4, -0.2) is 69.5 Å². The summed E-state index contributed by atoms with van der Waals surface area (Å²) in [6.07, 6.45) is 9.03. The van der Waals surface area contributed by atoms with Crippen LogP contribution >= 0.6 is 0 Å². The average molecular weight is 367 g/mol. The van der Waals surface area contributed by atoms with Crippen LogP contribution in [0.25, 0.3) is 0 Å². The molecule has 2 aliphatic heterocycles. The molecule has 2 aromatic heterocycles. The predicted molar refractivity (Wildman–Crippen MR) is 100 cm³/mol. The smallest absolute Gasteiger partial charge is 0.274 e. The van der Waals surface area contributed by atoms with Crippen molar-refractivity contribution in [3.8, 4) is 0 Å². The summed E-state index contributed by atoms with van der Waals surface area (Å²) in [7, 11) is 1.78. The summed E-state index contributed by atoms with van der Waals surface area (Å²) in [6, 6.07) is 4.87. The first-order chi connectivity index (χ1) is 13.2. The van der Waals surface area contributed by atoms with Crippen LogP contribution in [0.2, 0.25) is 0 Å². The molecule has 0 N–H and O–H groups in total. The Balaban J connectivity index is 1.39. The first-order valence-electron chi connectivity index (χ1n) is 9.43. The number of piperidine rings is 1. The molecule has 27 heavy (non-hydrogen) atoms. The number of carbonyl (C=O) groups excluding carboxylic acids is 1. The molecule has 7 nitrogen and oxygen atoms in total. The Kier molecular flexibility index (Phi) is 5.13. The largest absolute Gasteiger partial charge is 0.378 e. The van der Waals surface area contributed by atoms with E-state index in [1.54, 1.807) is 19.5 Å². The number of amides is 1. The molecule has 0 bridgehead atoms. The Morgan fingerprint density at radius 2 is 1.89 bits per heavy atom. The zero-order valence-corrected chi connectivity index (χ0v) is 15.8. The average Bonchev–Trinajstić information content (AvgIpc) is 2.69. The lowest BCUT2D eigenvalue weighted by molar-refractivity contribution is -0.115. The van der Waals surface area contributed by atoms with E-state index in [1.807, 2.05) is 24.2 Å². The van der Waals surface area contributed by atoms with Gasteiger partial charge in [0.1, 0.15) is 5.69 Å². The molecule has 0 unspecified atom stereocenters. The van der Waals surface area contributed by atoms with Crippen molar-refractivity contribution in [2.45, 2.75) is 38.0 Å². The minimum atomic E-state index is -0.0231. The number of pyridine rings is 1. The fraction of sp³-hybridized carbons (Fsp3) is 0.500. The van der Waals surface area contributed by atoms with Gasteiger partial charge in [0.15, 0.2) is 0 Å². The molecule has 0 spiro atoms. The molecule has 4 rings (SSSR count). The summed E-state index contributed by atoms with van der Waals surface area (Å²) in [5.41, 5.74) is 2.49. The molecular weight excluding hydrogens is 342 g/mol. The number of ether oxygens (including phenoxy) is 1. The number of nitrogens with zero attached hydrogens (tertiary/aromatic N) is 5. The fourth-order valence-corrected chi connectivity index (χ4v) is 4.11. The van der Waals surface area contributed by atoms with Gasteiger partial charge in [0, 0.05) is 51.4 Å². The van der Waals surface area contributed by atoms with Gasteiger partial charge in [0.25, 0.3) is 5.91 Å². The molecule has 2 atom stereocenters. The molecule has 0 aliphatic carbocycles. The Hall–Kier alpha value is -2.38. The van der Waals surface area contributed by atoms with E-state index in [4.69, 9.17) is 4.74 Å². The predicted octanol–water partition coefficient (Wildman–Crippen LogP) is 1.86. The Labute approximate surface area is 159 Å². The second-order valence-corrected chi connectivity index (χ2v) is 7.26. The zero-order chi connectivity index (χ0) is 18.8. The van der Waals surface area contributed by atoms with Crippen molar-refractivity contribution in [1.29, 1.82) is 0 Å². The first-order valence-corrected chi connectivity index (χ1v) is 9.43. The Bertz CT molecular complexity index is 775. The summed E-state index contributed by atoms with van der Waals surface area (Å²) >= 11 is 0. The van der Waals surface area contributed by atoms with Gasteiger partial charge in [-0.3, -0.25) is 19.7 Å². The molecule has 2 aromatic rings. The standard InChI is InChI=1S/C20H25N5O2/c1-14-11-23-17(12-22-14)20(26)24-9-5-16(6-10-24)25-13-18(27-2)19(25)15-3-7-21-8-4-15/h3-4,7-8,11-12,16,18-19H,5-6,9-10,13H2,1-2H3/t18-,19-/m0/s1. The van der Waals surface area contributed by atoms with E-state index >= 15 is 0 Å². The number of carbonyl (C=O) groups is 1. The summed E-state index contributed by atoms with van der Waals surface area (Å²) in [4.78, 5) is 29.6. The van der Waals surface area contributed by atoms with E-state index < -0.39 is 0 Å². The zero-order valence-electron chi connectivity index (χ0n) is 15.8. The quantitative estimate of drug-likeness (QED) is 0.821. The van der Waals surface area contributed by atoms with E-state index in [2.05, 4.69) is 32.0 Å². The Morgan fingerprint density at radius 1 is 1.15 bits per heavy atom. The topological polar surface area (TPSA) is 71.5 Å². The molecule has 0 radical (unpaired) electrons. The van der Waals surface area contributed by atoms with Crippen LogP contribution in [0.3, 0.4) is 0 Å². The summed E-state index contributed by atoms with van der Waals surface area (Å²) in [5, 5.41) is 0. The van der Waals surface area contributed by atoms with E-state index in [0.717, 1.165) is 38.2 Å². The lowest BCUT2D eigenvalue weighted by Crippen LogP contribution is -2.60. The Morgan fingerprint density at radius 3 is 2.52 bits per heavy atom. The number of aromatic nitrogens is 3. The highest BCUT2D eigenvalue weighted by Gasteiger charge is 2.44. The van der Waals surface area contributed by atoms with Crippen LogP contribution in [0.1, 0.15) is 40.6 Å². The van der Waals surface area contributed by atoms with E-state index in [-0.39, 0.29) is 18.1 Å².